The van der Waals surface area contributed by atoms with E-state index in [9.17, 15) is 35.9 Å². The molecule has 2 aliphatic rings. The van der Waals surface area contributed by atoms with E-state index in [2.05, 4.69) is 10.6 Å². The van der Waals surface area contributed by atoms with E-state index in [1.807, 2.05) is 0 Å². The molecule has 10 atom stereocenters. The third-order valence-corrected chi connectivity index (χ3v) is 6.34. The highest BCUT2D eigenvalue weighted by atomic mass is 16.7. The molecule has 8 N–H and O–H groups in total. The fraction of sp³-hybridized carbons (Fsp3) is 1.00. The van der Waals surface area contributed by atoms with Gasteiger partial charge in [0.25, 0.3) is 0 Å². The van der Waals surface area contributed by atoms with Crippen LogP contribution in [-0.4, -0.2) is 143 Å². The molecular weight excluding hydrogens is 486 g/mol. The third kappa shape index (κ3) is 7.78. The summed E-state index contributed by atoms with van der Waals surface area (Å²) in [6.07, 6.45) is -11.7. The van der Waals surface area contributed by atoms with E-state index in [4.69, 9.17) is 24.7 Å². The molecular formula is C20H40N5O11-. The first-order valence-electron chi connectivity index (χ1n) is 12.0. The van der Waals surface area contributed by atoms with Gasteiger partial charge in [-0.15, -0.1) is 5.01 Å². The van der Waals surface area contributed by atoms with E-state index >= 15 is 0 Å². The Morgan fingerprint density at radius 3 is 2.31 bits per heavy atom. The molecule has 0 aromatic carbocycles. The summed E-state index contributed by atoms with van der Waals surface area (Å²) in [6.45, 7) is 2.58. The number of nitrogens with one attached hydrogen (secondary N) is 1. The number of rotatable bonds is 14. The van der Waals surface area contributed by atoms with Crippen molar-refractivity contribution in [3.05, 3.63) is 10.4 Å². The lowest BCUT2D eigenvalue weighted by Crippen LogP contribution is -2.65. The molecule has 0 saturated carbocycles. The van der Waals surface area contributed by atoms with Gasteiger partial charge in [0.05, 0.1) is 19.3 Å². The fourth-order valence-corrected chi connectivity index (χ4v) is 4.30. The zero-order valence-electron chi connectivity index (χ0n) is 20.5. The maximum absolute atomic E-state index is 12.1. The van der Waals surface area contributed by atoms with Gasteiger partial charge in [-0.3, -0.25) is 0 Å². The second-order valence-electron chi connectivity index (χ2n) is 8.86. The fourth-order valence-electron chi connectivity index (χ4n) is 4.30. The maximum atomic E-state index is 12.1. The number of hydrogen-bond donors (Lipinski definition) is 7. The van der Waals surface area contributed by atoms with Gasteiger partial charge in [0.15, 0.2) is 6.29 Å². The van der Waals surface area contributed by atoms with Crippen LogP contribution in [0.15, 0.2) is 5.28 Å². The molecule has 0 bridgehead atoms. The van der Waals surface area contributed by atoms with Crippen LogP contribution in [0.3, 0.4) is 0 Å². The first kappa shape index (κ1) is 30.8. The monoisotopic (exact) mass is 526 g/mol. The van der Waals surface area contributed by atoms with Crippen molar-refractivity contribution in [1.29, 1.82) is 0 Å². The molecule has 16 nitrogen and oxygen atoms in total. The van der Waals surface area contributed by atoms with Crippen LogP contribution in [0, 0.1) is 10.4 Å². The molecule has 2 rings (SSSR count). The Labute approximate surface area is 209 Å². The molecule has 0 aliphatic carbocycles. The van der Waals surface area contributed by atoms with E-state index in [-0.39, 0.29) is 18.1 Å². The zero-order valence-corrected chi connectivity index (χ0v) is 20.5. The SMILES string of the molecule is CO[C@H]1[C@H](O)[C@@H](O)[C@@H](OC2[C@@H](CO)O[C@H](C)[C@H](O)[C@H]2O)O[C@@H]1CN(CCCNCCCN)/[N+]([O-])=N/[O-]. The van der Waals surface area contributed by atoms with Crippen molar-refractivity contribution in [2.24, 2.45) is 11.0 Å². The number of aliphatic hydroxyl groups is 5. The van der Waals surface area contributed by atoms with E-state index in [0.717, 1.165) is 11.4 Å². The maximum Gasteiger partial charge on any atom is 0.187 e. The summed E-state index contributed by atoms with van der Waals surface area (Å²) < 4.78 is 22.2. The van der Waals surface area contributed by atoms with E-state index in [0.29, 0.717) is 26.1 Å². The van der Waals surface area contributed by atoms with Crippen molar-refractivity contribution in [2.45, 2.75) is 81.0 Å². The lowest BCUT2D eigenvalue weighted by Gasteiger charge is -2.46. The summed E-state index contributed by atoms with van der Waals surface area (Å²) in [5, 5.41) is 81.1. The van der Waals surface area contributed by atoms with Gasteiger partial charge < -0.3 is 65.9 Å². The number of nitrogens with zero attached hydrogens (tertiary/aromatic N) is 3. The molecule has 2 saturated heterocycles. The van der Waals surface area contributed by atoms with Gasteiger partial charge in [-0.05, 0) is 44.7 Å². The van der Waals surface area contributed by atoms with Crippen LogP contribution < -0.4 is 11.1 Å². The molecule has 0 radical (unpaired) electrons. The minimum atomic E-state index is -1.65. The lowest BCUT2D eigenvalue weighted by molar-refractivity contribution is -0.692. The normalized spacial score (nSPS) is 37.7. The number of nitrogens with two attached hydrogens (primary N) is 1. The highest BCUT2D eigenvalue weighted by Crippen LogP contribution is 2.30. The van der Waals surface area contributed by atoms with E-state index < -0.39 is 67.8 Å². The number of hydrogen-bond acceptors (Lipinski definition) is 14. The molecule has 36 heavy (non-hydrogen) atoms. The molecule has 2 aliphatic heterocycles. The largest absolute Gasteiger partial charge is 0.737 e. The van der Waals surface area contributed by atoms with Crippen molar-refractivity contribution in [2.75, 3.05) is 46.4 Å². The molecule has 2 fully saturated rings. The molecule has 16 heteroatoms. The minimum Gasteiger partial charge on any atom is -0.737 e. The molecule has 0 amide bonds. The van der Waals surface area contributed by atoms with Crippen molar-refractivity contribution in [1.82, 2.24) is 10.3 Å². The number of methoxy groups -OCH3 is 1. The first-order chi connectivity index (χ1) is 17.2. The summed E-state index contributed by atoms with van der Waals surface area (Å²) in [6, 6.07) is 0. The standard InChI is InChI=1S/C20H41N5O11/c1-11-14(27)15(28)19(13(10-26)34-11)36-20-17(30)16(29)18(33-2)12(35-20)9-24(25(32)23-31)8-4-7-22-6-3-5-21/h11-20,22,26-31H,3-10,21H2,1-2H3/p-1/b25-23-/t11-,12-,13-,14+,15-,16-,17-,18-,19?,20-/m1/s1. The summed E-state index contributed by atoms with van der Waals surface area (Å²) in [5.74, 6) is 0. The lowest BCUT2D eigenvalue weighted by atomic mass is 9.94. The third-order valence-electron chi connectivity index (χ3n) is 6.34. The highest BCUT2D eigenvalue weighted by molar-refractivity contribution is 4.95. The average Bonchev–Trinajstić information content (AvgIpc) is 2.87. The molecule has 0 aromatic heterocycles. The summed E-state index contributed by atoms with van der Waals surface area (Å²) in [7, 11) is 1.27. The summed E-state index contributed by atoms with van der Waals surface area (Å²) >= 11 is 0. The molecule has 1 unspecified atom stereocenters. The zero-order chi connectivity index (χ0) is 26.8. The van der Waals surface area contributed by atoms with Gasteiger partial charge in [-0.1, -0.05) is 0 Å². The second-order valence-corrected chi connectivity index (χ2v) is 8.86. The van der Waals surface area contributed by atoms with Crippen LogP contribution in [0.2, 0.25) is 0 Å². The van der Waals surface area contributed by atoms with Gasteiger partial charge >= 0.3 is 0 Å². The second kappa shape index (κ2) is 15.1. The number of ether oxygens (including phenoxy) is 4. The number of hydrazine groups is 1. The van der Waals surface area contributed by atoms with Crippen LogP contribution in [0.4, 0.5) is 0 Å². The Bertz CT molecular complexity index is 664. The van der Waals surface area contributed by atoms with Crippen molar-refractivity contribution >= 4 is 0 Å². The van der Waals surface area contributed by atoms with E-state index in [1.54, 1.807) is 0 Å². The van der Waals surface area contributed by atoms with Gasteiger partial charge in [0, 0.05) is 12.1 Å². The molecule has 0 spiro atoms. The van der Waals surface area contributed by atoms with Gasteiger partial charge in [-0.2, -0.15) is 0 Å². The van der Waals surface area contributed by atoms with Crippen LogP contribution in [0.25, 0.3) is 0 Å². The Hall–Kier alpha value is -1.44. The van der Waals surface area contributed by atoms with Crippen LogP contribution in [0.5, 0.6) is 0 Å². The average molecular weight is 527 g/mol. The smallest absolute Gasteiger partial charge is 0.187 e. The molecule has 212 valence electrons. The van der Waals surface area contributed by atoms with Crippen molar-refractivity contribution in [3.8, 4) is 0 Å². The predicted octanol–water partition coefficient (Wildman–Crippen LogP) is -3.66. The molecule has 0 aromatic rings. The quantitative estimate of drug-likeness (QED) is 0.0499. The van der Waals surface area contributed by atoms with Gasteiger partial charge in [-0.25, -0.2) is 0 Å². The predicted molar refractivity (Wildman–Crippen MR) is 122 cm³/mol. The van der Waals surface area contributed by atoms with Crippen LogP contribution >= 0.6 is 0 Å². The molecule has 2 heterocycles. The Balaban J connectivity index is 2.12. The van der Waals surface area contributed by atoms with Crippen LogP contribution in [0.1, 0.15) is 19.8 Å². The van der Waals surface area contributed by atoms with Gasteiger partial charge in [0.2, 0.25) is 0 Å². The summed E-state index contributed by atoms with van der Waals surface area (Å²) in [5.41, 5.74) is 5.44. The Morgan fingerprint density at radius 1 is 1.03 bits per heavy atom. The summed E-state index contributed by atoms with van der Waals surface area (Å²) in [4.78, 5) is -0.137. The minimum absolute atomic E-state index is 0.108. The van der Waals surface area contributed by atoms with Crippen molar-refractivity contribution in [3.63, 3.8) is 0 Å². The van der Waals surface area contributed by atoms with Crippen molar-refractivity contribution < 1.29 is 49.4 Å². The highest BCUT2D eigenvalue weighted by Gasteiger charge is 2.50. The Morgan fingerprint density at radius 2 is 1.69 bits per heavy atom. The number of aliphatic hydroxyl groups excluding tert-OH is 5. The van der Waals surface area contributed by atoms with E-state index in [1.165, 1.54) is 14.0 Å². The first-order valence-corrected chi connectivity index (χ1v) is 12.0. The Kier molecular flexibility index (Phi) is 12.9. The topological polar surface area (TPSA) is 241 Å². The van der Waals surface area contributed by atoms with Crippen LogP contribution in [-0.2, 0) is 18.9 Å². The van der Waals surface area contributed by atoms with Gasteiger partial charge in [0.1, 0.15) is 55.4 Å².